The normalized spacial score (nSPS) is 11.3. The summed E-state index contributed by atoms with van der Waals surface area (Å²) in [6.07, 6.45) is 1.26. The molecule has 1 aromatic heterocycles. The van der Waals surface area contributed by atoms with E-state index in [1.165, 1.54) is 4.90 Å². The van der Waals surface area contributed by atoms with Crippen LogP contribution in [0.4, 0.5) is 16.3 Å². The summed E-state index contributed by atoms with van der Waals surface area (Å²) in [6, 6.07) is 4.00. The molecule has 0 saturated carbocycles. The van der Waals surface area contributed by atoms with Crippen molar-refractivity contribution in [3.8, 4) is 0 Å². The molecule has 5 heteroatoms. The predicted molar refractivity (Wildman–Crippen MR) is 77.6 cm³/mol. The number of carbonyl (C=O) groups excluding carboxylic acids is 1. The number of carbonyl (C=O) groups is 1. The van der Waals surface area contributed by atoms with E-state index in [4.69, 9.17) is 4.74 Å². The highest BCUT2D eigenvalue weighted by atomic mass is 16.6. The van der Waals surface area contributed by atoms with E-state index in [0.717, 1.165) is 5.82 Å². The lowest BCUT2D eigenvalue weighted by molar-refractivity contribution is 0.0589. The summed E-state index contributed by atoms with van der Waals surface area (Å²) in [5.41, 5.74) is 0.196. The van der Waals surface area contributed by atoms with Crippen LogP contribution in [0.3, 0.4) is 0 Å². The Hall–Kier alpha value is -1.78. The third-order valence-corrected chi connectivity index (χ3v) is 2.24. The van der Waals surface area contributed by atoms with E-state index < -0.39 is 5.60 Å². The van der Waals surface area contributed by atoms with Gasteiger partial charge >= 0.3 is 6.09 Å². The van der Waals surface area contributed by atoms with Crippen molar-refractivity contribution in [1.29, 1.82) is 0 Å². The van der Waals surface area contributed by atoms with Crippen molar-refractivity contribution in [2.24, 2.45) is 0 Å². The van der Waals surface area contributed by atoms with Crippen LogP contribution in [0.2, 0.25) is 0 Å². The SMILES string of the molecule is CC(C)Nc1ccc(N(C)C(=O)OC(C)(C)C)cn1. The molecule has 1 aromatic rings. The first-order valence-electron chi connectivity index (χ1n) is 6.38. The molecule has 0 saturated heterocycles. The second kappa shape index (κ2) is 5.91. The van der Waals surface area contributed by atoms with Gasteiger partial charge in [0.05, 0.1) is 11.9 Å². The Morgan fingerprint density at radius 3 is 2.42 bits per heavy atom. The molecule has 1 amide bonds. The van der Waals surface area contributed by atoms with Crippen LogP contribution in [0.25, 0.3) is 0 Å². The first-order chi connectivity index (χ1) is 8.69. The lowest BCUT2D eigenvalue weighted by Crippen LogP contribution is -2.34. The molecule has 0 bridgehead atoms. The third kappa shape index (κ3) is 5.16. The van der Waals surface area contributed by atoms with E-state index in [9.17, 15) is 4.79 Å². The molecule has 0 aliphatic heterocycles. The van der Waals surface area contributed by atoms with Gasteiger partial charge in [-0.25, -0.2) is 9.78 Å². The minimum Gasteiger partial charge on any atom is -0.443 e. The number of hydrogen-bond donors (Lipinski definition) is 1. The van der Waals surface area contributed by atoms with Gasteiger partial charge in [0, 0.05) is 13.1 Å². The van der Waals surface area contributed by atoms with Crippen LogP contribution in [0.15, 0.2) is 18.3 Å². The molecule has 0 fully saturated rings. The monoisotopic (exact) mass is 265 g/mol. The van der Waals surface area contributed by atoms with Gasteiger partial charge in [0.2, 0.25) is 0 Å². The van der Waals surface area contributed by atoms with Crippen LogP contribution >= 0.6 is 0 Å². The molecule has 0 unspecified atom stereocenters. The van der Waals surface area contributed by atoms with Gasteiger partial charge in [0.15, 0.2) is 0 Å². The smallest absolute Gasteiger partial charge is 0.414 e. The van der Waals surface area contributed by atoms with Crippen molar-refractivity contribution < 1.29 is 9.53 Å². The molecule has 0 spiro atoms. The fraction of sp³-hybridized carbons (Fsp3) is 0.571. The van der Waals surface area contributed by atoms with Crippen LogP contribution in [-0.4, -0.2) is 29.8 Å². The van der Waals surface area contributed by atoms with Gasteiger partial charge < -0.3 is 10.1 Å². The Morgan fingerprint density at radius 1 is 1.37 bits per heavy atom. The summed E-state index contributed by atoms with van der Waals surface area (Å²) >= 11 is 0. The Morgan fingerprint density at radius 2 is 2.00 bits per heavy atom. The molecular weight excluding hydrogens is 242 g/mol. The van der Waals surface area contributed by atoms with E-state index >= 15 is 0 Å². The zero-order chi connectivity index (χ0) is 14.6. The minimum atomic E-state index is -0.502. The highest BCUT2D eigenvalue weighted by Gasteiger charge is 2.20. The van der Waals surface area contributed by atoms with Crippen molar-refractivity contribution in [2.75, 3.05) is 17.3 Å². The summed E-state index contributed by atoms with van der Waals surface area (Å²) in [6.45, 7) is 9.61. The number of amides is 1. The molecule has 0 radical (unpaired) electrons. The standard InChI is InChI=1S/C14H23N3O2/c1-10(2)16-12-8-7-11(9-15-12)17(6)13(18)19-14(3,4)5/h7-10H,1-6H3,(H,15,16). The minimum absolute atomic E-state index is 0.321. The molecular formula is C14H23N3O2. The molecule has 1 rings (SSSR count). The maximum Gasteiger partial charge on any atom is 0.414 e. The first kappa shape index (κ1) is 15.3. The molecule has 19 heavy (non-hydrogen) atoms. The molecule has 0 aliphatic rings. The summed E-state index contributed by atoms with van der Waals surface area (Å²) < 4.78 is 5.29. The van der Waals surface area contributed by atoms with Gasteiger partial charge in [-0.1, -0.05) is 0 Å². The summed E-state index contributed by atoms with van der Waals surface area (Å²) in [5, 5.41) is 3.19. The lowest BCUT2D eigenvalue weighted by atomic mass is 10.2. The van der Waals surface area contributed by atoms with Crippen LogP contribution < -0.4 is 10.2 Å². The van der Waals surface area contributed by atoms with Crippen molar-refractivity contribution in [1.82, 2.24) is 4.98 Å². The largest absolute Gasteiger partial charge is 0.443 e. The van der Waals surface area contributed by atoms with Gasteiger partial charge in [-0.2, -0.15) is 0 Å². The molecule has 0 aromatic carbocycles. The number of aromatic nitrogens is 1. The van der Waals surface area contributed by atoms with Crippen molar-refractivity contribution >= 4 is 17.6 Å². The van der Waals surface area contributed by atoms with Crippen LogP contribution in [0.5, 0.6) is 0 Å². The summed E-state index contributed by atoms with van der Waals surface area (Å²) in [4.78, 5) is 17.6. The molecule has 1 heterocycles. The third-order valence-electron chi connectivity index (χ3n) is 2.24. The predicted octanol–water partition coefficient (Wildman–Crippen LogP) is 3.27. The number of ether oxygens (including phenoxy) is 1. The highest BCUT2D eigenvalue weighted by molar-refractivity contribution is 5.87. The topological polar surface area (TPSA) is 54.5 Å². The van der Waals surface area contributed by atoms with Gasteiger partial charge in [-0.05, 0) is 46.8 Å². The molecule has 1 N–H and O–H groups in total. The lowest BCUT2D eigenvalue weighted by Gasteiger charge is -2.24. The molecule has 0 aliphatic carbocycles. The Balaban J connectivity index is 2.72. The van der Waals surface area contributed by atoms with Gasteiger partial charge in [-0.3, -0.25) is 4.90 Å². The van der Waals surface area contributed by atoms with Crippen molar-refractivity contribution in [3.63, 3.8) is 0 Å². The van der Waals surface area contributed by atoms with Crippen LogP contribution in [-0.2, 0) is 4.74 Å². The maximum atomic E-state index is 11.9. The number of hydrogen-bond acceptors (Lipinski definition) is 4. The fourth-order valence-corrected chi connectivity index (χ4v) is 1.40. The zero-order valence-electron chi connectivity index (χ0n) is 12.5. The van der Waals surface area contributed by atoms with E-state index in [2.05, 4.69) is 10.3 Å². The van der Waals surface area contributed by atoms with Gasteiger partial charge in [0.25, 0.3) is 0 Å². The maximum absolute atomic E-state index is 11.9. The van der Waals surface area contributed by atoms with Crippen LogP contribution in [0, 0.1) is 0 Å². The average Bonchev–Trinajstić information content (AvgIpc) is 2.26. The van der Waals surface area contributed by atoms with Gasteiger partial charge in [-0.15, -0.1) is 0 Å². The second-order valence-corrected chi connectivity index (χ2v) is 5.74. The van der Waals surface area contributed by atoms with E-state index in [0.29, 0.717) is 11.7 Å². The fourth-order valence-electron chi connectivity index (χ4n) is 1.40. The summed E-state index contributed by atoms with van der Waals surface area (Å²) in [7, 11) is 1.67. The molecule has 106 valence electrons. The number of pyridine rings is 1. The van der Waals surface area contributed by atoms with Gasteiger partial charge in [0.1, 0.15) is 11.4 Å². The Kier molecular flexibility index (Phi) is 4.75. The highest BCUT2D eigenvalue weighted by Crippen LogP contribution is 2.17. The number of nitrogens with one attached hydrogen (secondary N) is 1. The number of rotatable bonds is 3. The zero-order valence-corrected chi connectivity index (χ0v) is 12.5. The summed E-state index contributed by atoms with van der Waals surface area (Å²) in [5.74, 6) is 0.788. The second-order valence-electron chi connectivity index (χ2n) is 5.74. The first-order valence-corrected chi connectivity index (χ1v) is 6.38. The Bertz CT molecular complexity index is 421. The van der Waals surface area contributed by atoms with E-state index in [1.807, 2.05) is 46.8 Å². The Labute approximate surface area is 115 Å². The quantitative estimate of drug-likeness (QED) is 0.911. The van der Waals surface area contributed by atoms with Crippen LogP contribution in [0.1, 0.15) is 34.6 Å². The van der Waals surface area contributed by atoms with E-state index in [-0.39, 0.29) is 6.09 Å². The molecule has 0 atom stereocenters. The van der Waals surface area contributed by atoms with Crippen molar-refractivity contribution in [3.05, 3.63) is 18.3 Å². The average molecular weight is 265 g/mol. The number of nitrogens with zero attached hydrogens (tertiary/aromatic N) is 2. The van der Waals surface area contributed by atoms with Crippen molar-refractivity contribution in [2.45, 2.75) is 46.3 Å². The van der Waals surface area contributed by atoms with E-state index in [1.54, 1.807) is 13.2 Å². The molecule has 5 nitrogen and oxygen atoms in total. The number of anilines is 2.